The first kappa shape index (κ1) is 15.5. The number of nitro benzene ring substituents is 1. The van der Waals surface area contributed by atoms with Gasteiger partial charge in [-0.1, -0.05) is 36.4 Å². The molecule has 1 aliphatic heterocycles. The van der Waals surface area contributed by atoms with E-state index in [1.54, 1.807) is 6.07 Å². The van der Waals surface area contributed by atoms with Gasteiger partial charge < -0.3 is 9.64 Å². The van der Waals surface area contributed by atoms with Gasteiger partial charge >= 0.3 is 0 Å². The van der Waals surface area contributed by atoms with Crippen LogP contribution in [0.4, 0.5) is 11.4 Å². The molecule has 0 aromatic heterocycles. The van der Waals surface area contributed by atoms with Gasteiger partial charge in [-0.15, -0.1) is 0 Å². The van der Waals surface area contributed by atoms with Crippen molar-refractivity contribution in [1.29, 1.82) is 0 Å². The second-order valence-corrected chi connectivity index (χ2v) is 6.12. The summed E-state index contributed by atoms with van der Waals surface area (Å²) >= 11 is 0. The molecule has 5 heteroatoms. The van der Waals surface area contributed by atoms with E-state index in [1.165, 1.54) is 0 Å². The molecule has 0 bridgehead atoms. The van der Waals surface area contributed by atoms with E-state index in [0.717, 1.165) is 11.1 Å². The third-order valence-corrected chi connectivity index (χ3v) is 4.33. The standard InChI is InChI=1S/C18H20N2O3/c1-14-8-9-16(17(12-14)20(21)22)19-10-11-23-18(2,13-19)15-6-4-3-5-7-15/h3-9,12H,10-11,13H2,1-2H3. The molecule has 1 atom stereocenters. The van der Waals surface area contributed by atoms with Crippen LogP contribution in [0.3, 0.4) is 0 Å². The maximum atomic E-state index is 11.4. The van der Waals surface area contributed by atoms with Crippen molar-refractivity contribution < 1.29 is 9.66 Å². The van der Waals surface area contributed by atoms with Crippen LogP contribution < -0.4 is 4.90 Å². The predicted molar refractivity (Wildman–Crippen MR) is 89.8 cm³/mol. The zero-order valence-corrected chi connectivity index (χ0v) is 13.4. The van der Waals surface area contributed by atoms with Crippen LogP contribution in [-0.2, 0) is 10.3 Å². The fourth-order valence-electron chi connectivity index (χ4n) is 3.09. The molecule has 0 saturated carbocycles. The van der Waals surface area contributed by atoms with E-state index in [2.05, 4.69) is 0 Å². The minimum Gasteiger partial charge on any atom is -0.367 e. The number of hydrogen-bond donors (Lipinski definition) is 0. The van der Waals surface area contributed by atoms with Gasteiger partial charge in [-0.3, -0.25) is 10.1 Å². The van der Waals surface area contributed by atoms with Crippen molar-refractivity contribution >= 4 is 11.4 Å². The number of benzene rings is 2. The summed E-state index contributed by atoms with van der Waals surface area (Å²) in [6.07, 6.45) is 0. The summed E-state index contributed by atoms with van der Waals surface area (Å²) in [4.78, 5) is 13.1. The largest absolute Gasteiger partial charge is 0.367 e. The van der Waals surface area contributed by atoms with Crippen LogP contribution in [0.15, 0.2) is 48.5 Å². The fourth-order valence-corrected chi connectivity index (χ4v) is 3.09. The molecule has 1 heterocycles. The van der Waals surface area contributed by atoms with Gasteiger partial charge in [0.1, 0.15) is 11.3 Å². The topological polar surface area (TPSA) is 55.6 Å². The molecule has 2 aromatic rings. The summed E-state index contributed by atoms with van der Waals surface area (Å²) in [5, 5.41) is 11.4. The number of aryl methyl sites for hydroxylation is 1. The number of hydrogen-bond acceptors (Lipinski definition) is 4. The number of nitrogens with zero attached hydrogens (tertiary/aromatic N) is 2. The molecule has 120 valence electrons. The molecule has 23 heavy (non-hydrogen) atoms. The predicted octanol–water partition coefficient (Wildman–Crippen LogP) is 3.66. The van der Waals surface area contributed by atoms with Crippen molar-refractivity contribution in [3.8, 4) is 0 Å². The molecule has 1 unspecified atom stereocenters. The van der Waals surface area contributed by atoms with E-state index < -0.39 is 5.60 Å². The van der Waals surface area contributed by atoms with Gasteiger partial charge in [-0.2, -0.15) is 0 Å². The number of ether oxygens (including phenoxy) is 1. The fraction of sp³-hybridized carbons (Fsp3) is 0.333. The molecular formula is C18H20N2O3. The Balaban J connectivity index is 1.95. The normalized spacial score (nSPS) is 21.2. The van der Waals surface area contributed by atoms with Crippen LogP contribution >= 0.6 is 0 Å². The highest BCUT2D eigenvalue weighted by molar-refractivity contribution is 5.64. The highest BCUT2D eigenvalue weighted by atomic mass is 16.6. The molecule has 5 nitrogen and oxygen atoms in total. The summed E-state index contributed by atoms with van der Waals surface area (Å²) in [6, 6.07) is 15.4. The highest BCUT2D eigenvalue weighted by Gasteiger charge is 2.35. The number of anilines is 1. The lowest BCUT2D eigenvalue weighted by Gasteiger charge is -2.41. The van der Waals surface area contributed by atoms with Crippen LogP contribution in [0, 0.1) is 17.0 Å². The monoisotopic (exact) mass is 312 g/mol. The van der Waals surface area contributed by atoms with Gasteiger partial charge in [0.15, 0.2) is 0 Å². The Kier molecular flexibility index (Phi) is 4.05. The Bertz CT molecular complexity index is 717. The highest BCUT2D eigenvalue weighted by Crippen LogP contribution is 2.35. The number of morpholine rings is 1. The molecule has 1 aliphatic rings. The quantitative estimate of drug-likeness (QED) is 0.641. The molecule has 0 amide bonds. The van der Waals surface area contributed by atoms with E-state index in [9.17, 15) is 10.1 Å². The third-order valence-electron chi connectivity index (χ3n) is 4.33. The van der Waals surface area contributed by atoms with Gasteiger partial charge in [-0.05, 0) is 31.0 Å². The van der Waals surface area contributed by atoms with Gasteiger partial charge in [0.2, 0.25) is 0 Å². The molecular weight excluding hydrogens is 292 g/mol. The SMILES string of the molecule is Cc1ccc(N2CCOC(C)(c3ccccc3)C2)c([N+](=O)[O-])c1. The lowest BCUT2D eigenvalue weighted by molar-refractivity contribution is -0.384. The molecule has 0 aliphatic carbocycles. The molecule has 0 radical (unpaired) electrons. The van der Waals surface area contributed by atoms with E-state index >= 15 is 0 Å². The summed E-state index contributed by atoms with van der Waals surface area (Å²) in [5.74, 6) is 0. The maximum absolute atomic E-state index is 11.4. The Morgan fingerprint density at radius 2 is 1.96 bits per heavy atom. The van der Waals surface area contributed by atoms with Gasteiger partial charge in [0, 0.05) is 12.6 Å². The van der Waals surface area contributed by atoms with Crippen LogP contribution in [0.1, 0.15) is 18.1 Å². The zero-order chi connectivity index (χ0) is 16.4. The summed E-state index contributed by atoms with van der Waals surface area (Å²) < 4.78 is 6.02. The van der Waals surface area contributed by atoms with Crippen molar-refractivity contribution in [3.05, 3.63) is 69.8 Å². The first-order valence-electron chi connectivity index (χ1n) is 7.69. The molecule has 1 fully saturated rings. The lowest BCUT2D eigenvalue weighted by Crippen LogP contribution is -2.48. The summed E-state index contributed by atoms with van der Waals surface area (Å²) in [6.45, 7) is 5.67. The Labute approximate surface area is 135 Å². The minimum atomic E-state index is -0.474. The van der Waals surface area contributed by atoms with Gasteiger partial charge in [0.05, 0.1) is 18.1 Å². The van der Waals surface area contributed by atoms with Crippen LogP contribution in [0.2, 0.25) is 0 Å². The smallest absolute Gasteiger partial charge is 0.292 e. The average molecular weight is 312 g/mol. The van der Waals surface area contributed by atoms with E-state index in [4.69, 9.17) is 4.74 Å². The first-order chi connectivity index (χ1) is 11.0. The van der Waals surface area contributed by atoms with Crippen LogP contribution in [0.25, 0.3) is 0 Å². The minimum absolute atomic E-state index is 0.155. The van der Waals surface area contributed by atoms with Crippen molar-refractivity contribution in [2.24, 2.45) is 0 Å². The summed E-state index contributed by atoms with van der Waals surface area (Å²) in [7, 11) is 0. The van der Waals surface area contributed by atoms with Crippen LogP contribution in [-0.4, -0.2) is 24.6 Å². The summed E-state index contributed by atoms with van der Waals surface area (Å²) in [5.41, 5.74) is 2.31. The van der Waals surface area contributed by atoms with Crippen LogP contribution in [0.5, 0.6) is 0 Å². The van der Waals surface area contributed by atoms with E-state index in [1.807, 2.05) is 61.2 Å². The van der Waals surface area contributed by atoms with Gasteiger partial charge in [0.25, 0.3) is 5.69 Å². The van der Waals surface area contributed by atoms with E-state index in [-0.39, 0.29) is 10.6 Å². The zero-order valence-electron chi connectivity index (χ0n) is 13.4. The molecule has 2 aromatic carbocycles. The number of rotatable bonds is 3. The van der Waals surface area contributed by atoms with Crippen molar-refractivity contribution in [2.75, 3.05) is 24.6 Å². The molecule has 1 saturated heterocycles. The maximum Gasteiger partial charge on any atom is 0.292 e. The van der Waals surface area contributed by atoms with Crippen molar-refractivity contribution in [3.63, 3.8) is 0 Å². The second-order valence-electron chi connectivity index (χ2n) is 6.12. The Morgan fingerprint density at radius 1 is 1.22 bits per heavy atom. The van der Waals surface area contributed by atoms with Crippen molar-refractivity contribution in [2.45, 2.75) is 19.4 Å². The molecule has 0 N–H and O–H groups in total. The third kappa shape index (κ3) is 3.05. The first-order valence-corrected chi connectivity index (χ1v) is 7.69. The molecule has 0 spiro atoms. The second kappa shape index (κ2) is 6.01. The van der Waals surface area contributed by atoms with Gasteiger partial charge in [-0.25, -0.2) is 0 Å². The molecule has 3 rings (SSSR count). The van der Waals surface area contributed by atoms with E-state index in [0.29, 0.717) is 25.4 Å². The van der Waals surface area contributed by atoms with Crippen molar-refractivity contribution in [1.82, 2.24) is 0 Å². The lowest BCUT2D eigenvalue weighted by atomic mass is 9.93. The average Bonchev–Trinajstić information content (AvgIpc) is 2.55. The number of nitro groups is 1. The Morgan fingerprint density at radius 3 is 2.65 bits per heavy atom. The Hall–Kier alpha value is -2.40.